The summed E-state index contributed by atoms with van der Waals surface area (Å²) in [6.07, 6.45) is -0.252. The molecule has 2 aliphatic rings. The zero-order valence-corrected chi connectivity index (χ0v) is 15.3. The van der Waals surface area contributed by atoms with Gasteiger partial charge in [-0.15, -0.1) is 0 Å². The topological polar surface area (TPSA) is 42.0 Å². The van der Waals surface area contributed by atoms with Crippen LogP contribution in [-0.2, 0) is 16.0 Å². The van der Waals surface area contributed by atoms with E-state index in [0.29, 0.717) is 0 Å². The molecule has 2 atom stereocenters. The van der Waals surface area contributed by atoms with Gasteiger partial charge in [-0.05, 0) is 40.2 Å². The molecule has 0 aliphatic carbocycles. The molecule has 2 heterocycles. The number of benzene rings is 1. The summed E-state index contributed by atoms with van der Waals surface area (Å²) in [6, 6.07) is 10.4. The van der Waals surface area contributed by atoms with Gasteiger partial charge in [0.25, 0.3) is 0 Å². The molecule has 0 aromatic heterocycles. The van der Waals surface area contributed by atoms with Crippen molar-refractivity contribution in [2.45, 2.75) is 64.6 Å². The predicted octanol–water partition coefficient (Wildman–Crippen LogP) is 3.24. The maximum absolute atomic E-state index is 12.7. The van der Waals surface area contributed by atoms with E-state index in [-0.39, 0.29) is 18.2 Å². The highest BCUT2D eigenvalue weighted by molar-refractivity contribution is 5.70. The number of nitrogens with zero attached hydrogens (tertiary/aromatic N) is 2. The second-order valence-corrected chi connectivity index (χ2v) is 8.20. The molecule has 1 amide bonds. The molecule has 132 valence electrons. The van der Waals surface area contributed by atoms with Crippen LogP contribution >= 0.6 is 0 Å². The Labute approximate surface area is 144 Å². The molecule has 2 unspecified atom stereocenters. The Morgan fingerprint density at radius 3 is 2.54 bits per heavy atom. The second-order valence-electron chi connectivity index (χ2n) is 8.20. The van der Waals surface area contributed by atoms with Crippen LogP contribution in [0.4, 0.5) is 4.79 Å². The highest BCUT2D eigenvalue weighted by Gasteiger charge is 2.54. The van der Waals surface area contributed by atoms with Gasteiger partial charge in [-0.2, -0.15) is 0 Å². The SMILES string of the molecule is CC(C)(C)OC(=O)N1C2CN(Cc3ccccc3)CC2OC1(C)C. The Morgan fingerprint density at radius 2 is 1.92 bits per heavy atom. The zero-order valence-electron chi connectivity index (χ0n) is 15.3. The van der Waals surface area contributed by atoms with Gasteiger partial charge in [0.2, 0.25) is 0 Å². The van der Waals surface area contributed by atoms with Gasteiger partial charge in [0.15, 0.2) is 0 Å². The number of amides is 1. The van der Waals surface area contributed by atoms with Crippen LogP contribution in [0.3, 0.4) is 0 Å². The quantitative estimate of drug-likeness (QED) is 0.834. The van der Waals surface area contributed by atoms with E-state index in [1.807, 2.05) is 40.7 Å². The van der Waals surface area contributed by atoms with Crippen molar-refractivity contribution in [1.29, 1.82) is 0 Å². The van der Waals surface area contributed by atoms with E-state index in [1.54, 1.807) is 4.90 Å². The monoisotopic (exact) mass is 332 g/mol. The van der Waals surface area contributed by atoms with E-state index in [0.717, 1.165) is 19.6 Å². The molecule has 5 nitrogen and oxygen atoms in total. The van der Waals surface area contributed by atoms with Crippen molar-refractivity contribution in [3.8, 4) is 0 Å². The van der Waals surface area contributed by atoms with Gasteiger partial charge in [-0.25, -0.2) is 4.79 Å². The minimum atomic E-state index is -0.628. The number of ether oxygens (including phenoxy) is 2. The van der Waals surface area contributed by atoms with E-state index >= 15 is 0 Å². The lowest BCUT2D eigenvalue weighted by molar-refractivity contribution is -0.0866. The molecule has 3 rings (SSSR count). The van der Waals surface area contributed by atoms with Gasteiger partial charge >= 0.3 is 6.09 Å². The second kappa shape index (κ2) is 6.05. The summed E-state index contributed by atoms with van der Waals surface area (Å²) in [6.45, 7) is 12.1. The zero-order chi connectivity index (χ0) is 17.5. The van der Waals surface area contributed by atoms with Crippen LogP contribution < -0.4 is 0 Å². The van der Waals surface area contributed by atoms with Crippen molar-refractivity contribution in [2.24, 2.45) is 0 Å². The van der Waals surface area contributed by atoms with E-state index in [2.05, 4.69) is 29.2 Å². The van der Waals surface area contributed by atoms with Crippen LogP contribution in [-0.4, -0.2) is 52.5 Å². The fraction of sp³-hybridized carbons (Fsp3) is 0.632. The van der Waals surface area contributed by atoms with Crippen LogP contribution in [0, 0.1) is 0 Å². The first-order chi connectivity index (χ1) is 11.2. The third kappa shape index (κ3) is 3.57. The van der Waals surface area contributed by atoms with E-state index < -0.39 is 11.3 Å². The Morgan fingerprint density at radius 1 is 1.25 bits per heavy atom. The van der Waals surface area contributed by atoms with Crippen LogP contribution in [0.2, 0.25) is 0 Å². The van der Waals surface area contributed by atoms with Gasteiger partial charge in [0.1, 0.15) is 11.3 Å². The van der Waals surface area contributed by atoms with Crippen molar-refractivity contribution in [3.05, 3.63) is 35.9 Å². The highest BCUT2D eigenvalue weighted by Crippen LogP contribution is 2.37. The largest absolute Gasteiger partial charge is 0.444 e. The molecule has 0 radical (unpaired) electrons. The van der Waals surface area contributed by atoms with Crippen LogP contribution in [0.25, 0.3) is 0 Å². The number of hydrogen-bond donors (Lipinski definition) is 0. The van der Waals surface area contributed by atoms with Crippen molar-refractivity contribution in [2.75, 3.05) is 13.1 Å². The number of carbonyl (C=O) groups excluding carboxylic acids is 1. The Bertz CT molecular complexity index is 594. The maximum Gasteiger partial charge on any atom is 0.412 e. The number of hydrogen-bond acceptors (Lipinski definition) is 4. The third-order valence-electron chi connectivity index (χ3n) is 4.50. The molecule has 2 aliphatic heterocycles. The molecule has 1 aromatic rings. The molecular formula is C19H28N2O3. The summed E-state index contributed by atoms with van der Waals surface area (Å²) in [5.41, 5.74) is 0.143. The van der Waals surface area contributed by atoms with Crippen LogP contribution in [0.15, 0.2) is 30.3 Å². The van der Waals surface area contributed by atoms with Crippen molar-refractivity contribution in [3.63, 3.8) is 0 Å². The van der Waals surface area contributed by atoms with Crippen LogP contribution in [0.5, 0.6) is 0 Å². The Kier molecular flexibility index (Phi) is 4.34. The smallest absolute Gasteiger partial charge is 0.412 e. The highest BCUT2D eigenvalue weighted by atomic mass is 16.6. The Hall–Kier alpha value is -1.59. The van der Waals surface area contributed by atoms with Gasteiger partial charge in [0, 0.05) is 19.6 Å². The lowest BCUT2D eigenvalue weighted by atomic mass is 10.1. The molecule has 2 saturated heterocycles. The molecule has 0 bridgehead atoms. The molecule has 0 N–H and O–H groups in total. The van der Waals surface area contributed by atoms with Crippen molar-refractivity contribution >= 4 is 6.09 Å². The molecule has 0 saturated carbocycles. The summed E-state index contributed by atoms with van der Waals surface area (Å²) >= 11 is 0. The molecular weight excluding hydrogens is 304 g/mol. The normalized spacial score (nSPS) is 26.5. The minimum Gasteiger partial charge on any atom is -0.444 e. The lowest BCUT2D eigenvalue weighted by Gasteiger charge is -2.35. The average molecular weight is 332 g/mol. The maximum atomic E-state index is 12.7. The van der Waals surface area contributed by atoms with Gasteiger partial charge in [0.05, 0.1) is 12.1 Å². The fourth-order valence-corrected chi connectivity index (χ4v) is 3.66. The Balaban J connectivity index is 1.71. The molecule has 0 spiro atoms. The summed E-state index contributed by atoms with van der Waals surface area (Å²) in [7, 11) is 0. The van der Waals surface area contributed by atoms with Gasteiger partial charge in [-0.3, -0.25) is 9.80 Å². The number of carbonyl (C=O) groups is 1. The van der Waals surface area contributed by atoms with Crippen molar-refractivity contribution in [1.82, 2.24) is 9.80 Å². The van der Waals surface area contributed by atoms with E-state index in [9.17, 15) is 4.79 Å². The first kappa shape index (κ1) is 17.2. The summed E-state index contributed by atoms with van der Waals surface area (Å²) < 4.78 is 11.8. The first-order valence-corrected chi connectivity index (χ1v) is 8.62. The minimum absolute atomic E-state index is 0.0382. The number of fused-ring (bicyclic) bond motifs is 1. The first-order valence-electron chi connectivity index (χ1n) is 8.62. The average Bonchev–Trinajstić information content (AvgIpc) is 2.89. The lowest BCUT2D eigenvalue weighted by Crippen LogP contribution is -2.51. The van der Waals surface area contributed by atoms with Gasteiger partial charge < -0.3 is 9.47 Å². The van der Waals surface area contributed by atoms with Crippen LogP contribution in [0.1, 0.15) is 40.2 Å². The molecule has 5 heteroatoms. The summed E-state index contributed by atoms with van der Waals surface area (Å²) in [5, 5.41) is 0. The molecule has 24 heavy (non-hydrogen) atoms. The number of rotatable bonds is 2. The third-order valence-corrected chi connectivity index (χ3v) is 4.50. The fourth-order valence-electron chi connectivity index (χ4n) is 3.66. The van der Waals surface area contributed by atoms with Crippen molar-refractivity contribution < 1.29 is 14.3 Å². The summed E-state index contributed by atoms with van der Waals surface area (Å²) in [4.78, 5) is 16.8. The van der Waals surface area contributed by atoms with E-state index in [1.165, 1.54) is 5.56 Å². The molecule has 1 aromatic carbocycles. The number of likely N-dealkylation sites (tertiary alicyclic amines) is 1. The molecule has 2 fully saturated rings. The standard InChI is InChI=1S/C19H28N2O3/c1-18(2,3)24-17(22)21-15-12-20(11-14-9-7-6-8-10-14)13-16(15)23-19(21,4)5/h6-10,15-16H,11-13H2,1-5H3. The summed E-state index contributed by atoms with van der Waals surface area (Å²) in [5.74, 6) is 0. The van der Waals surface area contributed by atoms with E-state index in [4.69, 9.17) is 9.47 Å². The van der Waals surface area contributed by atoms with Gasteiger partial charge in [-0.1, -0.05) is 30.3 Å². The predicted molar refractivity (Wildman–Crippen MR) is 92.5 cm³/mol.